The Hall–Kier alpha value is -1.48. The molecule has 0 radical (unpaired) electrons. The van der Waals surface area contributed by atoms with Gasteiger partial charge in [0.25, 0.3) is 0 Å². The van der Waals surface area contributed by atoms with Crippen molar-refractivity contribution in [3.63, 3.8) is 0 Å². The third-order valence-electron chi connectivity index (χ3n) is 2.59. The summed E-state index contributed by atoms with van der Waals surface area (Å²) in [5.41, 5.74) is 3.34. The minimum Gasteiger partial charge on any atom is -0.307 e. The van der Waals surface area contributed by atoms with Crippen molar-refractivity contribution in [1.82, 2.24) is 9.71 Å². The van der Waals surface area contributed by atoms with E-state index in [1.165, 1.54) is 23.6 Å². The Morgan fingerprint density at radius 2 is 2.21 bits per heavy atom. The zero-order valence-corrected chi connectivity index (χ0v) is 11.9. The van der Waals surface area contributed by atoms with Crippen LogP contribution in [0.4, 0.5) is 5.82 Å². The smallest absolute Gasteiger partial charge is 0.244 e. The first-order valence-corrected chi connectivity index (χ1v) is 7.85. The Morgan fingerprint density at radius 3 is 2.84 bits per heavy atom. The van der Waals surface area contributed by atoms with E-state index in [4.69, 9.17) is 5.84 Å². The van der Waals surface area contributed by atoms with Gasteiger partial charge in [-0.05, 0) is 36.1 Å². The summed E-state index contributed by atoms with van der Waals surface area (Å²) in [6, 6.07) is 4.95. The Labute approximate surface area is 115 Å². The highest BCUT2D eigenvalue weighted by Crippen LogP contribution is 2.19. The number of hydrogen-bond acceptors (Lipinski definition) is 6. The molecule has 0 aliphatic rings. The Balaban J connectivity index is 2.21. The van der Waals surface area contributed by atoms with Gasteiger partial charge in [0, 0.05) is 17.6 Å². The van der Waals surface area contributed by atoms with Gasteiger partial charge in [0.05, 0.1) is 0 Å². The second-order valence-electron chi connectivity index (χ2n) is 3.85. The SMILES string of the molecule is Cc1ccsc1CNS(=O)(=O)c1cccnc1NN. The summed E-state index contributed by atoms with van der Waals surface area (Å²) in [4.78, 5) is 4.89. The molecule has 2 aromatic heterocycles. The van der Waals surface area contributed by atoms with Crippen LogP contribution in [-0.2, 0) is 16.6 Å². The lowest BCUT2D eigenvalue weighted by atomic mass is 10.3. The van der Waals surface area contributed by atoms with E-state index in [-0.39, 0.29) is 17.3 Å². The van der Waals surface area contributed by atoms with Crippen molar-refractivity contribution >= 4 is 27.2 Å². The molecule has 0 amide bonds. The number of hydrazine groups is 1. The molecular formula is C11H14N4O2S2. The van der Waals surface area contributed by atoms with E-state index in [1.54, 1.807) is 6.07 Å². The third kappa shape index (κ3) is 3.10. The number of aromatic nitrogens is 1. The molecule has 0 aliphatic heterocycles. The van der Waals surface area contributed by atoms with E-state index in [1.807, 2.05) is 18.4 Å². The predicted molar refractivity (Wildman–Crippen MR) is 75.1 cm³/mol. The number of anilines is 1. The van der Waals surface area contributed by atoms with Crippen molar-refractivity contribution in [3.05, 3.63) is 40.2 Å². The molecule has 0 unspecified atom stereocenters. The van der Waals surface area contributed by atoms with Crippen LogP contribution in [0.1, 0.15) is 10.4 Å². The van der Waals surface area contributed by atoms with Gasteiger partial charge < -0.3 is 5.43 Å². The zero-order valence-electron chi connectivity index (χ0n) is 10.3. The Morgan fingerprint density at radius 1 is 1.42 bits per heavy atom. The van der Waals surface area contributed by atoms with Gasteiger partial charge in [-0.15, -0.1) is 11.3 Å². The largest absolute Gasteiger partial charge is 0.307 e. The van der Waals surface area contributed by atoms with Gasteiger partial charge in [0.1, 0.15) is 4.90 Å². The molecule has 0 saturated carbocycles. The van der Waals surface area contributed by atoms with Crippen molar-refractivity contribution in [2.45, 2.75) is 18.4 Å². The van der Waals surface area contributed by atoms with Gasteiger partial charge in [-0.2, -0.15) is 0 Å². The lowest BCUT2D eigenvalue weighted by Gasteiger charge is -2.09. The molecule has 0 aromatic carbocycles. The van der Waals surface area contributed by atoms with Crippen molar-refractivity contribution in [1.29, 1.82) is 0 Å². The van der Waals surface area contributed by atoms with Crippen LogP contribution >= 0.6 is 11.3 Å². The quantitative estimate of drug-likeness (QED) is 0.569. The normalized spacial score (nSPS) is 11.5. The molecule has 0 spiro atoms. The minimum absolute atomic E-state index is 0.0340. The molecule has 0 fully saturated rings. The number of nitrogen functional groups attached to an aromatic ring is 1. The van der Waals surface area contributed by atoms with Gasteiger partial charge in [-0.1, -0.05) is 0 Å². The average Bonchev–Trinajstić information content (AvgIpc) is 2.82. The molecule has 6 nitrogen and oxygen atoms in total. The van der Waals surface area contributed by atoms with Crippen LogP contribution in [0.25, 0.3) is 0 Å². The lowest BCUT2D eigenvalue weighted by Crippen LogP contribution is -2.25. The summed E-state index contributed by atoms with van der Waals surface area (Å²) in [7, 11) is -3.64. The van der Waals surface area contributed by atoms with Gasteiger partial charge >= 0.3 is 0 Å². The summed E-state index contributed by atoms with van der Waals surface area (Å²) in [5.74, 6) is 5.38. The molecule has 0 atom stereocenters. The summed E-state index contributed by atoms with van der Waals surface area (Å²) >= 11 is 1.51. The highest BCUT2D eigenvalue weighted by Gasteiger charge is 2.19. The number of hydrogen-bond donors (Lipinski definition) is 3. The number of pyridine rings is 1. The van der Waals surface area contributed by atoms with Gasteiger partial charge in [-0.3, -0.25) is 0 Å². The summed E-state index contributed by atoms with van der Waals surface area (Å²) in [6.07, 6.45) is 1.47. The molecule has 4 N–H and O–H groups in total. The average molecular weight is 298 g/mol. The van der Waals surface area contributed by atoms with E-state index < -0.39 is 10.0 Å². The van der Waals surface area contributed by atoms with Gasteiger partial charge in [-0.25, -0.2) is 24.0 Å². The van der Waals surface area contributed by atoms with Crippen LogP contribution in [0.15, 0.2) is 34.7 Å². The maximum atomic E-state index is 12.2. The Kier molecular flexibility index (Phi) is 4.15. The van der Waals surface area contributed by atoms with Crippen LogP contribution in [0.3, 0.4) is 0 Å². The summed E-state index contributed by atoms with van der Waals surface area (Å²) in [5, 5.41) is 1.93. The van der Waals surface area contributed by atoms with Crippen molar-refractivity contribution in [2.75, 3.05) is 5.43 Å². The van der Waals surface area contributed by atoms with Crippen LogP contribution in [0.5, 0.6) is 0 Å². The number of nitrogens with zero attached hydrogens (tertiary/aromatic N) is 1. The molecule has 8 heteroatoms. The van der Waals surface area contributed by atoms with Gasteiger partial charge in [0.2, 0.25) is 10.0 Å². The number of nitrogens with one attached hydrogen (secondary N) is 2. The zero-order chi connectivity index (χ0) is 13.9. The first-order chi connectivity index (χ1) is 9.04. The fraction of sp³-hybridized carbons (Fsp3) is 0.182. The molecular weight excluding hydrogens is 284 g/mol. The third-order valence-corrected chi connectivity index (χ3v) is 5.04. The standard InChI is InChI=1S/C11H14N4O2S2/c1-8-4-6-18-9(8)7-14-19(16,17)10-3-2-5-13-11(10)15-12/h2-6,14H,7,12H2,1H3,(H,13,15). The number of aryl methyl sites for hydroxylation is 1. The number of nitrogens with two attached hydrogens (primary N) is 1. The number of rotatable bonds is 5. The summed E-state index contributed by atoms with van der Waals surface area (Å²) in [6.45, 7) is 2.20. The monoisotopic (exact) mass is 298 g/mol. The van der Waals surface area contributed by atoms with E-state index >= 15 is 0 Å². The predicted octanol–water partition coefficient (Wildman–Crippen LogP) is 1.22. The van der Waals surface area contributed by atoms with Crippen LogP contribution < -0.4 is 16.0 Å². The molecule has 0 saturated heterocycles. The fourth-order valence-electron chi connectivity index (χ4n) is 1.54. The van der Waals surface area contributed by atoms with Gasteiger partial charge in [0.15, 0.2) is 5.82 Å². The highest BCUT2D eigenvalue weighted by atomic mass is 32.2. The van der Waals surface area contributed by atoms with Crippen molar-refractivity contribution in [3.8, 4) is 0 Å². The molecule has 19 heavy (non-hydrogen) atoms. The number of sulfonamides is 1. The first kappa shape index (κ1) is 13.9. The van der Waals surface area contributed by atoms with Crippen LogP contribution in [0.2, 0.25) is 0 Å². The molecule has 102 valence electrons. The fourth-order valence-corrected chi connectivity index (χ4v) is 3.59. The highest BCUT2D eigenvalue weighted by molar-refractivity contribution is 7.89. The minimum atomic E-state index is -3.64. The van der Waals surface area contributed by atoms with E-state index in [0.29, 0.717) is 0 Å². The summed E-state index contributed by atoms with van der Waals surface area (Å²) < 4.78 is 26.9. The topological polar surface area (TPSA) is 97.1 Å². The van der Waals surface area contributed by atoms with E-state index in [2.05, 4.69) is 15.1 Å². The maximum Gasteiger partial charge on any atom is 0.244 e. The first-order valence-electron chi connectivity index (χ1n) is 5.49. The van der Waals surface area contributed by atoms with Crippen LogP contribution in [0, 0.1) is 6.92 Å². The second kappa shape index (κ2) is 5.66. The Bertz CT molecular complexity index is 667. The lowest BCUT2D eigenvalue weighted by molar-refractivity contribution is 0.581. The molecule has 2 aromatic rings. The van der Waals surface area contributed by atoms with E-state index in [0.717, 1.165) is 10.4 Å². The van der Waals surface area contributed by atoms with Crippen molar-refractivity contribution in [2.24, 2.45) is 5.84 Å². The second-order valence-corrected chi connectivity index (χ2v) is 6.58. The molecule has 2 rings (SSSR count). The molecule has 0 bridgehead atoms. The molecule has 2 heterocycles. The van der Waals surface area contributed by atoms with E-state index in [9.17, 15) is 8.42 Å². The molecule has 0 aliphatic carbocycles. The van der Waals surface area contributed by atoms with Crippen LogP contribution in [-0.4, -0.2) is 13.4 Å². The number of thiophene rings is 1. The van der Waals surface area contributed by atoms with Crippen molar-refractivity contribution < 1.29 is 8.42 Å². The maximum absolute atomic E-state index is 12.2.